The standard InChI is InChI=1S/C9H10/c1-2-4-8(5-3-1)9-6-7-9/h1-5,9H,6-7H2/i6D. The third-order valence-electron chi connectivity index (χ3n) is 1.70. The van der Waals surface area contributed by atoms with Crippen molar-refractivity contribution in [3.05, 3.63) is 35.9 Å². The average molecular weight is 119 g/mol. The molecule has 1 aliphatic carbocycles. The van der Waals surface area contributed by atoms with E-state index in [1.165, 1.54) is 5.56 Å². The highest BCUT2D eigenvalue weighted by atomic mass is 14.3. The van der Waals surface area contributed by atoms with Crippen LogP contribution in [0.2, 0.25) is 0 Å². The lowest BCUT2D eigenvalue weighted by Crippen LogP contribution is -1.73. The lowest BCUT2D eigenvalue weighted by molar-refractivity contribution is 1.13. The first kappa shape index (κ1) is 4.10. The van der Waals surface area contributed by atoms with Gasteiger partial charge in [0.05, 0.1) is 0 Å². The molecule has 46 valence electrons. The van der Waals surface area contributed by atoms with Gasteiger partial charge in [-0.15, -0.1) is 0 Å². The fourth-order valence-corrected chi connectivity index (χ4v) is 1.04. The molecule has 0 spiro atoms. The molecule has 0 saturated heterocycles. The molecule has 1 saturated carbocycles. The number of hydrogen-bond donors (Lipinski definition) is 0. The van der Waals surface area contributed by atoms with Gasteiger partial charge in [0.25, 0.3) is 0 Å². The van der Waals surface area contributed by atoms with Crippen molar-refractivity contribution in [2.45, 2.75) is 18.7 Å². The van der Waals surface area contributed by atoms with Gasteiger partial charge in [-0.05, 0) is 24.3 Å². The Balaban J connectivity index is 2.20. The summed E-state index contributed by atoms with van der Waals surface area (Å²) >= 11 is 0. The Labute approximate surface area is 56.9 Å². The van der Waals surface area contributed by atoms with E-state index in [0.29, 0.717) is 5.92 Å². The predicted molar refractivity (Wildman–Crippen MR) is 38.4 cm³/mol. The lowest BCUT2D eigenvalue weighted by Gasteiger charge is -1.92. The van der Waals surface area contributed by atoms with Crippen LogP contribution < -0.4 is 0 Å². The van der Waals surface area contributed by atoms with Crippen LogP contribution in [0.4, 0.5) is 0 Å². The van der Waals surface area contributed by atoms with E-state index in [1.54, 1.807) is 0 Å². The van der Waals surface area contributed by atoms with E-state index in [0.717, 1.165) is 6.42 Å². The van der Waals surface area contributed by atoms with E-state index in [2.05, 4.69) is 12.1 Å². The fourth-order valence-electron chi connectivity index (χ4n) is 1.04. The molecule has 0 heterocycles. The summed E-state index contributed by atoms with van der Waals surface area (Å²) in [5, 5.41) is 0. The van der Waals surface area contributed by atoms with Gasteiger partial charge in [0.15, 0.2) is 0 Å². The fraction of sp³-hybridized carbons (Fsp3) is 0.333. The number of rotatable bonds is 1. The summed E-state index contributed by atoms with van der Waals surface area (Å²) in [7, 11) is 0. The molecule has 9 heavy (non-hydrogen) atoms. The maximum atomic E-state index is 7.39. The Bertz CT molecular complexity index is 217. The molecule has 2 unspecified atom stereocenters. The van der Waals surface area contributed by atoms with Crippen LogP contribution in [-0.2, 0) is 0 Å². The van der Waals surface area contributed by atoms with Crippen molar-refractivity contribution in [2.24, 2.45) is 0 Å². The molecule has 0 nitrogen and oxygen atoms in total. The Morgan fingerprint density at radius 3 is 2.56 bits per heavy atom. The van der Waals surface area contributed by atoms with Crippen molar-refractivity contribution in [3.63, 3.8) is 0 Å². The molecule has 2 atom stereocenters. The minimum absolute atomic E-state index is 0.183. The molecular formula is C9H10. The first-order valence-electron chi connectivity index (χ1n) is 3.93. The zero-order chi connectivity index (χ0) is 6.97. The zero-order valence-electron chi connectivity index (χ0n) is 6.25. The van der Waals surface area contributed by atoms with Gasteiger partial charge >= 0.3 is 0 Å². The van der Waals surface area contributed by atoms with Crippen LogP contribution in [0, 0.1) is 0 Å². The highest BCUT2D eigenvalue weighted by molar-refractivity contribution is 5.22. The Morgan fingerprint density at radius 2 is 2.00 bits per heavy atom. The van der Waals surface area contributed by atoms with E-state index < -0.39 is 0 Å². The normalized spacial score (nSPS) is 33.6. The molecule has 0 amide bonds. The first-order valence-corrected chi connectivity index (χ1v) is 3.35. The maximum Gasteiger partial charge on any atom is 0.0273 e. The second-order valence-corrected chi connectivity index (χ2v) is 2.49. The molecule has 1 aromatic carbocycles. The van der Waals surface area contributed by atoms with E-state index in [-0.39, 0.29) is 6.40 Å². The van der Waals surface area contributed by atoms with Crippen molar-refractivity contribution in [1.29, 1.82) is 0 Å². The van der Waals surface area contributed by atoms with Gasteiger partial charge in [0.1, 0.15) is 0 Å². The summed E-state index contributed by atoms with van der Waals surface area (Å²) in [6.45, 7) is 0. The molecule has 2 rings (SSSR count). The SMILES string of the molecule is [2H]C1CC1c1ccccc1. The quantitative estimate of drug-likeness (QED) is 0.533. The topological polar surface area (TPSA) is 0 Å². The minimum Gasteiger partial charge on any atom is -0.0622 e. The van der Waals surface area contributed by atoms with Crippen molar-refractivity contribution in [3.8, 4) is 0 Å². The second-order valence-electron chi connectivity index (χ2n) is 2.49. The van der Waals surface area contributed by atoms with E-state index >= 15 is 0 Å². The van der Waals surface area contributed by atoms with Crippen LogP contribution in [0.25, 0.3) is 0 Å². The molecule has 0 heteroatoms. The van der Waals surface area contributed by atoms with Gasteiger partial charge in [0, 0.05) is 1.37 Å². The molecule has 0 radical (unpaired) electrons. The maximum absolute atomic E-state index is 7.39. The van der Waals surface area contributed by atoms with Crippen LogP contribution in [0.3, 0.4) is 0 Å². The highest BCUT2D eigenvalue weighted by Gasteiger charge is 2.22. The van der Waals surface area contributed by atoms with Crippen LogP contribution in [-0.4, -0.2) is 0 Å². The van der Waals surface area contributed by atoms with Crippen molar-refractivity contribution >= 4 is 0 Å². The predicted octanol–water partition coefficient (Wildman–Crippen LogP) is 2.56. The third-order valence-corrected chi connectivity index (χ3v) is 1.70. The van der Waals surface area contributed by atoms with Crippen LogP contribution in [0.5, 0.6) is 0 Å². The largest absolute Gasteiger partial charge is 0.0622 e. The van der Waals surface area contributed by atoms with Gasteiger partial charge in [-0.2, -0.15) is 0 Å². The molecular weight excluding hydrogens is 108 g/mol. The molecule has 0 bridgehead atoms. The highest BCUT2D eigenvalue weighted by Crippen LogP contribution is 2.39. The van der Waals surface area contributed by atoms with Gasteiger partial charge in [-0.25, -0.2) is 0 Å². The summed E-state index contributed by atoms with van der Waals surface area (Å²) in [6, 6.07) is 10.3. The molecule has 0 N–H and O–H groups in total. The summed E-state index contributed by atoms with van der Waals surface area (Å²) in [6.07, 6.45) is 1.24. The molecule has 0 aromatic heterocycles. The van der Waals surface area contributed by atoms with Gasteiger partial charge in [0.2, 0.25) is 0 Å². The van der Waals surface area contributed by atoms with Gasteiger partial charge in [-0.1, -0.05) is 30.3 Å². The number of benzene rings is 1. The summed E-state index contributed by atoms with van der Waals surface area (Å²) in [5.74, 6) is 0.543. The van der Waals surface area contributed by atoms with E-state index in [4.69, 9.17) is 1.37 Å². The Morgan fingerprint density at radius 1 is 1.33 bits per heavy atom. The molecule has 1 aliphatic rings. The van der Waals surface area contributed by atoms with Crippen LogP contribution in [0.1, 0.15) is 25.7 Å². The Kier molecular flexibility index (Phi) is 0.853. The molecule has 1 fully saturated rings. The summed E-state index contributed by atoms with van der Waals surface area (Å²) in [4.78, 5) is 0. The zero-order valence-corrected chi connectivity index (χ0v) is 5.25. The molecule has 1 aromatic rings. The lowest BCUT2D eigenvalue weighted by atomic mass is 10.1. The monoisotopic (exact) mass is 119 g/mol. The van der Waals surface area contributed by atoms with Gasteiger partial charge in [-0.3, -0.25) is 0 Å². The van der Waals surface area contributed by atoms with E-state index in [9.17, 15) is 0 Å². The van der Waals surface area contributed by atoms with Gasteiger partial charge < -0.3 is 0 Å². The number of hydrogen-bond acceptors (Lipinski definition) is 0. The van der Waals surface area contributed by atoms with Crippen molar-refractivity contribution in [1.82, 2.24) is 0 Å². The third kappa shape index (κ3) is 0.973. The Hall–Kier alpha value is -0.780. The van der Waals surface area contributed by atoms with Crippen LogP contribution >= 0.6 is 0 Å². The average Bonchev–Trinajstić information content (AvgIpc) is 2.69. The summed E-state index contributed by atoms with van der Waals surface area (Å²) < 4.78 is 7.39. The molecule has 0 aliphatic heterocycles. The van der Waals surface area contributed by atoms with Crippen molar-refractivity contribution in [2.75, 3.05) is 0 Å². The second kappa shape index (κ2) is 1.87. The minimum atomic E-state index is 0.183. The van der Waals surface area contributed by atoms with Crippen molar-refractivity contribution < 1.29 is 1.37 Å². The van der Waals surface area contributed by atoms with Crippen LogP contribution in [0.15, 0.2) is 30.3 Å². The van der Waals surface area contributed by atoms with E-state index in [1.807, 2.05) is 18.2 Å². The summed E-state index contributed by atoms with van der Waals surface area (Å²) in [5.41, 5.74) is 1.34. The smallest absolute Gasteiger partial charge is 0.0273 e. The first-order chi connectivity index (χ1) is 4.88.